The number of phenols is 1. The van der Waals surface area contributed by atoms with Crippen LogP contribution in [0.4, 0.5) is 20.3 Å². The number of rotatable bonds is 7. The van der Waals surface area contributed by atoms with Crippen molar-refractivity contribution in [2.24, 2.45) is 0 Å². The lowest BCUT2D eigenvalue weighted by Crippen LogP contribution is -2.43. The van der Waals surface area contributed by atoms with Gasteiger partial charge in [0.05, 0.1) is 28.7 Å². The standard InChI is InChI=1S/C35H37ClF2N6O3/c1-18-16-46-34-29-26(44(18)19(2)23-5-3-9-40-33(23)39)13-27(47-17-35-8-4-10-43(35)15-21(37)14-35)41-32(29)30(38)31(42-34)24-11-22(45)12-25(36)28(24)20-6-7-20/h3,5,9,11-13,18-21,45H,4,6-8,10,14-17H2,1-2H3,(H2,39,40)/t18-,19+,21+,35-/m0/s1. The van der Waals surface area contributed by atoms with E-state index in [1.807, 2.05) is 26.0 Å². The van der Waals surface area contributed by atoms with Gasteiger partial charge in [0, 0.05) is 41.4 Å². The lowest BCUT2D eigenvalue weighted by Gasteiger charge is -2.36. The fourth-order valence-corrected chi connectivity index (χ4v) is 8.41. The molecule has 1 saturated carbocycles. The highest BCUT2D eigenvalue weighted by Crippen LogP contribution is 2.51. The van der Waals surface area contributed by atoms with E-state index >= 15 is 4.39 Å². The van der Waals surface area contributed by atoms with Crippen LogP contribution in [0.3, 0.4) is 0 Å². The number of halogens is 3. The van der Waals surface area contributed by atoms with Gasteiger partial charge >= 0.3 is 0 Å². The fourth-order valence-electron chi connectivity index (χ4n) is 8.04. The Balaban J connectivity index is 1.32. The number of anilines is 2. The van der Waals surface area contributed by atoms with Gasteiger partial charge in [-0.3, -0.25) is 4.90 Å². The summed E-state index contributed by atoms with van der Waals surface area (Å²) in [4.78, 5) is 18.1. The third-order valence-corrected chi connectivity index (χ3v) is 10.7. The van der Waals surface area contributed by atoms with Gasteiger partial charge in [0.1, 0.15) is 42.2 Å². The van der Waals surface area contributed by atoms with Crippen molar-refractivity contribution in [1.29, 1.82) is 0 Å². The summed E-state index contributed by atoms with van der Waals surface area (Å²) in [6.45, 7) is 5.75. The van der Waals surface area contributed by atoms with E-state index in [4.69, 9.17) is 36.8 Å². The van der Waals surface area contributed by atoms with Crippen LogP contribution in [-0.4, -0.2) is 69.0 Å². The molecule has 3 aliphatic heterocycles. The quantitative estimate of drug-likeness (QED) is 0.217. The Morgan fingerprint density at radius 1 is 1.26 bits per heavy atom. The molecule has 6 heterocycles. The number of aromatic hydroxyl groups is 1. The molecular weight excluding hydrogens is 626 g/mol. The van der Waals surface area contributed by atoms with E-state index in [0.29, 0.717) is 40.4 Å². The van der Waals surface area contributed by atoms with Crippen LogP contribution in [-0.2, 0) is 0 Å². The lowest BCUT2D eigenvalue weighted by atomic mass is 9.95. The average molecular weight is 663 g/mol. The predicted octanol–water partition coefficient (Wildman–Crippen LogP) is 6.95. The number of aromatic nitrogens is 3. The maximum atomic E-state index is 17.1. The number of hydrogen-bond acceptors (Lipinski definition) is 9. The van der Waals surface area contributed by atoms with E-state index < -0.39 is 17.5 Å². The Hall–Kier alpha value is -3.96. The van der Waals surface area contributed by atoms with Crippen molar-refractivity contribution in [3.8, 4) is 28.8 Å². The molecular formula is C35H37ClF2N6O3. The minimum atomic E-state index is -0.907. The molecule has 0 unspecified atom stereocenters. The zero-order valence-electron chi connectivity index (χ0n) is 26.3. The normalized spacial score (nSPS) is 24.7. The molecule has 0 radical (unpaired) electrons. The number of phenolic OH excluding ortho intramolecular Hbond substituents is 1. The Morgan fingerprint density at radius 2 is 2.09 bits per heavy atom. The maximum Gasteiger partial charge on any atom is 0.225 e. The van der Waals surface area contributed by atoms with Crippen molar-refractivity contribution >= 4 is 34.0 Å². The smallest absolute Gasteiger partial charge is 0.225 e. The van der Waals surface area contributed by atoms with Crippen LogP contribution in [0.15, 0.2) is 36.5 Å². The van der Waals surface area contributed by atoms with E-state index in [1.165, 1.54) is 12.1 Å². The largest absolute Gasteiger partial charge is 0.508 e. The highest BCUT2D eigenvalue weighted by molar-refractivity contribution is 6.32. The Bertz CT molecular complexity index is 1890. The van der Waals surface area contributed by atoms with Gasteiger partial charge in [0.2, 0.25) is 11.8 Å². The van der Waals surface area contributed by atoms with Gasteiger partial charge in [-0.2, -0.15) is 0 Å². The molecule has 47 heavy (non-hydrogen) atoms. The Labute approximate surface area is 276 Å². The van der Waals surface area contributed by atoms with Gasteiger partial charge in [0.25, 0.3) is 0 Å². The molecule has 0 amide bonds. The second kappa shape index (κ2) is 11.3. The maximum absolute atomic E-state index is 17.1. The van der Waals surface area contributed by atoms with E-state index in [-0.39, 0.29) is 59.9 Å². The number of fused-ring (bicyclic) bond motifs is 1. The highest BCUT2D eigenvalue weighted by Gasteiger charge is 2.49. The summed E-state index contributed by atoms with van der Waals surface area (Å²) in [5, 5.41) is 11.3. The molecule has 4 atom stereocenters. The number of nitrogen functional groups attached to an aromatic ring is 1. The number of nitrogens with zero attached hydrogens (tertiary/aromatic N) is 5. The number of nitrogens with two attached hydrogens (primary N) is 1. The van der Waals surface area contributed by atoms with Crippen molar-refractivity contribution in [3.05, 3.63) is 58.5 Å². The first-order valence-electron chi connectivity index (χ1n) is 16.3. The molecule has 1 aromatic carbocycles. The first-order chi connectivity index (χ1) is 22.6. The van der Waals surface area contributed by atoms with E-state index in [9.17, 15) is 9.50 Å². The third kappa shape index (κ3) is 5.09. The van der Waals surface area contributed by atoms with Crippen LogP contribution in [0, 0.1) is 5.82 Å². The molecule has 0 spiro atoms. The van der Waals surface area contributed by atoms with Gasteiger partial charge in [-0.15, -0.1) is 0 Å². The van der Waals surface area contributed by atoms with Crippen molar-refractivity contribution in [3.63, 3.8) is 0 Å². The second-order valence-electron chi connectivity index (χ2n) is 13.5. The van der Waals surface area contributed by atoms with Gasteiger partial charge in [-0.1, -0.05) is 17.7 Å². The molecule has 3 N–H and O–H groups in total. The summed E-state index contributed by atoms with van der Waals surface area (Å²) in [5.41, 5.74) is 8.57. The van der Waals surface area contributed by atoms with Crippen molar-refractivity contribution in [2.45, 2.75) is 75.7 Å². The fraction of sp³-hybridized carbons (Fsp3) is 0.457. The van der Waals surface area contributed by atoms with E-state index in [0.717, 1.165) is 43.4 Å². The van der Waals surface area contributed by atoms with Crippen molar-refractivity contribution < 1.29 is 23.4 Å². The molecule has 4 aromatic rings. The summed E-state index contributed by atoms with van der Waals surface area (Å²) in [6.07, 6.45) is 4.77. The number of hydrogen-bond donors (Lipinski definition) is 2. The minimum Gasteiger partial charge on any atom is -0.508 e. The lowest BCUT2D eigenvalue weighted by molar-refractivity contribution is 0.111. The van der Waals surface area contributed by atoms with Crippen LogP contribution < -0.4 is 20.1 Å². The molecule has 246 valence electrons. The van der Waals surface area contributed by atoms with E-state index in [2.05, 4.69) is 14.8 Å². The molecule has 2 saturated heterocycles. The van der Waals surface area contributed by atoms with Gasteiger partial charge < -0.3 is 25.2 Å². The van der Waals surface area contributed by atoms with Crippen LogP contribution in [0.1, 0.15) is 69.0 Å². The molecule has 3 aromatic heterocycles. The summed E-state index contributed by atoms with van der Waals surface area (Å²) < 4.78 is 44.4. The van der Waals surface area contributed by atoms with Crippen molar-refractivity contribution in [1.82, 2.24) is 19.9 Å². The second-order valence-corrected chi connectivity index (χ2v) is 13.9. The number of alkyl halides is 1. The number of pyridine rings is 3. The molecule has 3 fully saturated rings. The zero-order valence-corrected chi connectivity index (χ0v) is 27.1. The molecule has 1 aliphatic carbocycles. The van der Waals surface area contributed by atoms with Crippen molar-refractivity contribution in [2.75, 3.05) is 36.9 Å². The molecule has 8 rings (SSSR count). The average Bonchev–Trinajstić information content (AvgIpc) is 3.74. The molecule has 0 bridgehead atoms. The van der Waals surface area contributed by atoms with Crippen LogP contribution in [0.25, 0.3) is 22.2 Å². The number of ether oxygens (including phenoxy) is 2. The summed E-state index contributed by atoms with van der Waals surface area (Å²) in [7, 11) is 0. The SMILES string of the molecule is C[C@H](c1cccnc1N)N1c2cc(OC[C@@]34CCCN3C[C@H](F)C4)nc3c(F)c(-c4cc(O)cc(Cl)c4C4CC4)nc(c23)OC[C@@H]1C. The zero-order chi connectivity index (χ0) is 32.6. The molecule has 4 aliphatic rings. The number of benzene rings is 1. The third-order valence-electron chi connectivity index (χ3n) is 10.4. The first-order valence-corrected chi connectivity index (χ1v) is 16.7. The van der Waals surface area contributed by atoms with Crippen LogP contribution >= 0.6 is 11.6 Å². The Morgan fingerprint density at radius 3 is 2.87 bits per heavy atom. The van der Waals surface area contributed by atoms with Gasteiger partial charge in [0.15, 0.2) is 5.82 Å². The summed E-state index contributed by atoms with van der Waals surface area (Å²) in [6, 6.07) is 8.07. The molecule has 9 nitrogen and oxygen atoms in total. The van der Waals surface area contributed by atoms with Gasteiger partial charge in [-0.05, 0) is 75.8 Å². The summed E-state index contributed by atoms with van der Waals surface area (Å²) >= 11 is 6.62. The Kier molecular flexibility index (Phi) is 7.33. The van der Waals surface area contributed by atoms with Crippen LogP contribution in [0.5, 0.6) is 17.5 Å². The summed E-state index contributed by atoms with van der Waals surface area (Å²) in [5.74, 6) is 0.238. The first kappa shape index (κ1) is 30.4. The predicted molar refractivity (Wildman–Crippen MR) is 177 cm³/mol. The topological polar surface area (TPSA) is 110 Å². The monoisotopic (exact) mass is 662 g/mol. The highest BCUT2D eigenvalue weighted by atomic mass is 35.5. The van der Waals surface area contributed by atoms with Crippen LogP contribution in [0.2, 0.25) is 5.02 Å². The van der Waals surface area contributed by atoms with Gasteiger partial charge in [-0.25, -0.2) is 23.7 Å². The van der Waals surface area contributed by atoms with E-state index in [1.54, 1.807) is 12.3 Å². The minimum absolute atomic E-state index is 0.00470. The molecule has 12 heteroatoms.